The van der Waals surface area contributed by atoms with E-state index < -0.39 is 35.7 Å². The molecule has 0 bridgehead atoms. The molecule has 0 saturated carbocycles. The molecule has 3 amide bonds. The molecule has 38 heavy (non-hydrogen) atoms. The van der Waals surface area contributed by atoms with Crippen LogP contribution in [0.5, 0.6) is 17.2 Å². The van der Waals surface area contributed by atoms with Crippen molar-refractivity contribution in [1.82, 2.24) is 10.4 Å². The number of amides is 3. The second kappa shape index (κ2) is 10.5. The number of imide groups is 1. The zero-order valence-electron chi connectivity index (χ0n) is 21.0. The van der Waals surface area contributed by atoms with Gasteiger partial charge in [-0.15, -0.1) is 0 Å². The monoisotopic (exact) mass is 579 g/mol. The van der Waals surface area contributed by atoms with Crippen LogP contribution in [0.3, 0.4) is 0 Å². The summed E-state index contributed by atoms with van der Waals surface area (Å²) >= 11 is 3.40. The van der Waals surface area contributed by atoms with E-state index in [0.29, 0.717) is 40.7 Å². The molecule has 10 heteroatoms. The van der Waals surface area contributed by atoms with E-state index >= 15 is 0 Å². The normalized spacial score (nSPS) is 20.5. The van der Waals surface area contributed by atoms with E-state index in [1.54, 1.807) is 66.7 Å². The fourth-order valence-electron chi connectivity index (χ4n) is 4.97. The summed E-state index contributed by atoms with van der Waals surface area (Å²) in [6, 6.07) is 17.2. The average Bonchev–Trinajstić information content (AvgIpc) is 3.45. The van der Waals surface area contributed by atoms with Gasteiger partial charge in [0.25, 0.3) is 11.8 Å². The van der Waals surface area contributed by atoms with Crippen LogP contribution in [0.4, 0.5) is 5.69 Å². The van der Waals surface area contributed by atoms with Crippen molar-refractivity contribution in [3.8, 4) is 17.2 Å². The Morgan fingerprint density at radius 3 is 2.34 bits per heavy atom. The highest BCUT2D eigenvalue weighted by Crippen LogP contribution is 2.44. The summed E-state index contributed by atoms with van der Waals surface area (Å²) in [5, 5.41) is 1.28. The first-order valence-corrected chi connectivity index (χ1v) is 12.8. The van der Waals surface area contributed by atoms with E-state index in [-0.39, 0.29) is 0 Å². The maximum absolute atomic E-state index is 13.9. The maximum atomic E-state index is 13.9. The lowest BCUT2D eigenvalue weighted by atomic mass is 9.90. The fraction of sp³-hybridized carbons (Fsp3) is 0.250. The molecular weight excluding hydrogens is 554 g/mol. The highest BCUT2D eigenvalue weighted by Gasteiger charge is 2.60. The Bertz CT molecular complexity index is 1400. The minimum Gasteiger partial charge on any atom is -0.494 e. The van der Waals surface area contributed by atoms with E-state index in [0.717, 1.165) is 9.37 Å². The third-order valence-corrected chi connectivity index (χ3v) is 7.19. The largest absolute Gasteiger partial charge is 0.494 e. The zero-order chi connectivity index (χ0) is 27.0. The van der Waals surface area contributed by atoms with Gasteiger partial charge in [-0.2, -0.15) is 0 Å². The molecule has 2 heterocycles. The van der Waals surface area contributed by atoms with Crippen LogP contribution in [0.2, 0.25) is 0 Å². The number of fused-ring (bicyclic) bond motifs is 1. The molecule has 3 atom stereocenters. The van der Waals surface area contributed by atoms with Crippen molar-refractivity contribution in [2.24, 2.45) is 5.92 Å². The van der Waals surface area contributed by atoms with E-state index in [1.165, 1.54) is 19.2 Å². The number of nitrogens with one attached hydrogen (secondary N) is 1. The minimum absolute atomic E-state index is 0.373. The van der Waals surface area contributed by atoms with Gasteiger partial charge in [0.2, 0.25) is 5.91 Å². The summed E-state index contributed by atoms with van der Waals surface area (Å²) in [6.45, 7) is 2.37. The Kier molecular flexibility index (Phi) is 7.09. The third-order valence-electron chi connectivity index (χ3n) is 6.70. The minimum atomic E-state index is -1.04. The number of benzene rings is 3. The summed E-state index contributed by atoms with van der Waals surface area (Å²) < 4.78 is 17.0. The van der Waals surface area contributed by atoms with Crippen LogP contribution < -0.4 is 24.5 Å². The highest BCUT2D eigenvalue weighted by atomic mass is 79.9. The standard InChI is InChI=1S/C28H26BrN3O6/c1-4-38-20-11-9-19(10-12-20)31-27(34)23-24(16-8-13-21(36-2)22(15-16)37-3)30-32(25(23)28(31)35)26(33)17-6-5-7-18(29)14-17/h5-15,23-25,30H,4H2,1-3H3/t23-,24-,25-/m1/s1. The summed E-state index contributed by atoms with van der Waals surface area (Å²) in [7, 11) is 3.06. The second-order valence-electron chi connectivity index (χ2n) is 8.82. The Hall–Kier alpha value is -3.89. The molecule has 0 radical (unpaired) electrons. The van der Waals surface area contributed by atoms with Gasteiger partial charge in [-0.3, -0.25) is 19.4 Å². The molecule has 2 aliphatic heterocycles. The first-order chi connectivity index (χ1) is 18.4. The number of hydrazine groups is 1. The molecular formula is C28H26BrN3O6. The van der Waals surface area contributed by atoms with Gasteiger partial charge >= 0.3 is 0 Å². The van der Waals surface area contributed by atoms with Gasteiger partial charge in [-0.05, 0) is 67.1 Å². The van der Waals surface area contributed by atoms with Crippen molar-refractivity contribution in [1.29, 1.82) is 0 Å². The second-order valence-corrected chi connectivity index (χ2v) is 9.73. The molecule has 3 aromatic carbocycles. The van der Waals surface area contributed by atoms with Gasteiger partial charge < -0.3 is 14.2 Å². The third kappa shape index (κ3) is 4.39. The van der Waals surface area contributed by atoms with Crippen LogP contribution >= 0.6 is 15.9 Å². The number of ether oxygens (including phenoxy) is 3. The van der Waals surface area contributed by atoms with Crippen LogP contribution in [0, 0.1) is 5.92 Å². The lowest BCUT2D eigenvalue weighted by Crippen LogP contribution is -2.48. The zero-order valence-corrected chi connectivity index (χ0v) is 22.6. The van der Waals surface area contributed by atoms with Crippen molar-refractivity contribution in [2.45, 2.75) is 19.0 Å². The van der Waals surface area contributed by atoms with Crippen LogP contribution in [0.15, 0.2) is 71.2 Å². The number of carbonyl (C=O) groups is 3. The van der Waals surface area contributed by atoms with Crippen molar-refractivity contribution in [3.63, 3.8) is 0 Å². The summed E-state index contributed by atoms with van der Waals surface area (Å²) in [4.78, 5) is 42.5. The molecule has 2 saturated heterocycles. The molecule has 0 aliphatic carbocycles. The summed E-state index contributed by atoms with van der Waals surface area (Å²) in [5.74, 6) is -0.531. The quantitative estimate of drug-likeness (QED) is 0.420. The van der Waals surface area contributed by atoms with Crippen LogP contribution in [-0.2, 0) is 9.59 Å². The Balaban J connectivity index is 1.57. The van der Waals surface area contributed by atoms with Gasteiger partial charge in [0, 0.05) is 10.0 Å². The molecule has 5 rings (SSSR count). The van der Waals surface area contributed by atoms with E-state index in [9.17, 15) is 14.4 Å². The number of methoxy groups -OCH3 is 2. The number of carbonyl (C=O) groups excluding carboxylic acids is 3. The van der Waals surface area contributed by atoms with Crippen molar-refractivity contribution in [2.75, 3.05) is 25.7 Å². The first-order valence-electron chi connectivity index (χ1n) is 12.1. The predicted octanol–water partition coefficient (Wildman–Crippen LogP) is 4.12. The number of anilines is 1. The lowest BCUT2D eigenvalue weighted by Gasteiger charge is -2.25. The van der Waals surface area contributed by atoms with E-state index in [1.807, 2.05) is 6.92 Å². The molecule has 0 unspecified atom stereocenters. The summed E-state index contributed by atoms with van der Waals surface area (Å²) in [6.07, 6.45) is 0. The van der Waals surface area contributed by atoms with Crippen LogP contribution in [-0.4, -0.2) is 49.6 Å². The topological polar surface area (TPSA) is 97.4 Å². The predicted molar refractivity (Wildman–Crippen MR) is 143 cm³/mol. The van der Waals surface area contributed by atoms with Crippen molar-refractivity contribution >= 4 is 39.3 Å². The SMILES string of the molecule is CCOc1ccc(N2C(=O)[C@@H]3[C@@H](c4ccc(OC)c(OC)c4)NN(C(=O)c4cccc(Br)c4)[C@H]3C2=O)cc1. The summed E-state index contributed by atoms with van der Waals surface area (Å²) in [5.41, 5.74) is 4.62. The highest BCUT2D eigenvalue weighted by molar-refractivity contribution is 9.10. The van der Waals surface area contributed by atoms with Gasteiger partial charge in [0.05, 0.1) is 38.5 Å². The van der Waals surface area contributed by atoms with Gasteiger partial charge in [-0.25, -0.2) is 10.3 Å². The number of nitrogens with zero attached hydrogens (tertiary/aromatic N) is 2. The van der Waals surface area contributed by atoms with Gasteiger partial charge in [0.1, 0.15) is 11.8 Å². The Morgan fingerprint density at radius 1 is 0.947 bits per heavy atom. The molecule has 2 aliphatic rings. The van der Waals surface area contributed by atoms with Gasteiger partial charge in [0.15, 0.2) is 11.5 Å². The average molecular weight is 580 g/mol. The van der Waals surface area contributed by atoms with E-state index in [2.05, 4.69) is 21.4 Å². The molecule has 2 fully saturated rings. The van der Waals surface area contributed by atoms with Crippen molar-refractivity contribution < 1.29 is 28.6 Å². The van der Waals surface area contributed by atoms with Crippen LogP contribution in [0.1, 0.15) is 28.9 Å². The Labute approximate surface area is 228 Å². The molecule has 9 nitrogen and oxygen atoms in total. The Morgan fingerprint density at radius 2 is 1.68 bits per heavy atom. The smallest absolute Gasteiger partial charge is 0.268 e. The lowest BCUT2D eigenvalue weighted by molar-refractivity contribution is -0.123. The molecule has 0 aromatic heterocycles. The molecule has 1 N–H and O–H groups in total. The molecule has 0 spiro atoms. The maximum Gasteiger partial charge on any atom is 0.268 e. The van der Waals surface area contributed by atoms with Crippen molar-refractivity contribution in [3.05, 3.63) is 82.3 Å². The first kappa shape index (κ1) is 25.7. The number of hydrogen-bond acceptors (Lipinski definition) is 7. The number of halogens is 1. The van der Waals surface area contributed by atoms with E-state index in [4.69, 9.17) is 14.2 Å². The molecule has 3 aromatic rings. The van der Waals surface area contributed by atoms with Gasteiger partial charge in [-0.1, -0.05) is 28.1 Å². The number of rotatable bonds is 7. The fourth-order valence-corrected chi connectivity index (χ4v) is 5.37. The van der Waals surface area contributed by atoms with Crippen LogP contribution in [0.25, 0.3) is 0 Å². The molecule has 196 valence electrons. The number of hydrogen-bond donors (Lipinski definition) is 1.